The number of hydrogen-bond acceptors (Lipinski definition) is 2. The Kier molecular flexibility index (Phi) is 4.26. The van der Waals surface area contributed by atoms with Crippen molar-refractivity contribution in [2.24, 2.45) is 5.41 Å². The average molecular weight is 319 g/mol. The molecule has 0 aliphatic rings. The zero-order chi connectivity index (χ0) is 17.2. The van der Waals surface area contributed by atoms with Crippen LogP contribution in [0.4, 0.5) is 5.69 Å². The Labute approximate surface area is 142 Å². The molecule has 3 heteroatoms. The summed E-state index contributed by atoms with van der Waals surface area (Å²) in [5.41, 5.74) is 0.919. The zero-order valence-electron chi connectivity index (χ0n) is 13.9. The smallest absolute Gasteiger partial charge is 0.311 e. The Morgan fingerprint density at radius 2 is 1.54 bits per heavy atom. The van der Waals surface area contributed by atoms with Crippen molar-refractivity contribution >= 4 is 22.4 Å². The van der Waals surface area contributed by atoms with Crippen LogP contribution in [0.5, 0.6) is 0 Å². The minimum Gasteiger partial charge on any atom is -0.481 e. The molecule has 0 aliphatic heterocycles. The van der Waals surface area contributed by atoms with Crippen LogP contribution in [0, 0.1) is 5.41 Å². The van der Waals surface area contributed by atoms with Gasteiger partial charge in [-0.3, -0.25) is 4.79 Å². The summed E-state index contributed by atoms with van der Waals surface area (Å²) in [5.74, 6) is -0.829. The van der Waals surface area contributed by atoms with E-state index in [-0.39, 0.29) is 6.04 Å². The number of carboxylic acid groups (broad SMARTS) is 1. The Morgan fingerprint density at radius 3 is 2.21 bits per heavy atom. The molecule has 122 valence electrons. The van der Waals surface area contributed by atoms with Crippen LogP contribution in [0.2, 0.25) is 0 Å². The van der Waals surface area contributed by atoms with Gasteiger partial charge >= 0.3 is 5.97 Å². The first kappa shape index (κ1) is 16.1. The lowest BCUT2D eigenvalue weighted by atomic mass is 9.80. The maximum Gasteiger partial charge on any atom is 0.311 e. The Morgan fingerprint density at radius 1 is 0.917 bits per heavy atom. The molecule has 0 saturated carbocycles. The highest BCUT2D eigenvalue weighted by atomic mass is 16.4. The molecule has 1 unspecified atom stereocenters. The summed E-state index contributed by atoms with van der Waals surface area (Å²) in [6, 6.07) is 23.6. The number of carbonyl (C=O) groups is 1. The van der Waals surface area contributed by atoms with E-state index >= 15 is 0 Å². The fourth-order valence-electron chi connectivity index (χ4n) is 2.90. The summed E-state index contributed by atoms with van der Waals surface area (Å²) in [5, 5.41) is 15.4. The van der Waals surface area contributed by atoms with E-state index in [0.717, 1.165) is 22.0 Å². The molecule has 0 spiro atoms. The molecule has 0 bridgehead atoms. The average Bonchev–Trinajstić information content (AvgIpc) is 2.60. The third-order valence-electron chi connectivity index (χ3n) is 4.47. The minimum absolute atomic E-state index is 0.336. The summed E-state index contributed by atoms with van der Waals surface area (Å²) >= 11 is 0. The van der Waals surface area contributed by atoms with Crippen molar-refractivity contribution in [1.29, 1.82) is 0 Å². The summed E-state index contributed by atoms with van der Waals surface area (Å²) in [6.45, 7) is 3.50. The maximum atomic E-state index is 11.8. The van der Waals surface area contributed by atoms with E-state index in [9.17, 15) is 9.90 Å². The van der Waals surface area contributed by atoms with Gasteiger partial charge in [0.05, 0.1) is 11.5 Å². The SMILES string of the molecule is CC(C)(C(=O)O)C(Nc1ccc2ccccc2c1)c1ccccc1. The molecule has 0 fully saturated rings. The van der Waals surface area contributed by atoms with Gasteiger partial charge in [0, 0.05) is 5.69 Å². The van der Waals surface area contributed by atoms with E-state index in [1.54, 1.807) is 13.8 Å². The van der Waals surface area contributed by atoms with Crippen molar-refractivity contribution in [3.05, 3.63) is 78.4 Å². The normalized spacial score (nSPS) is 12.8. The van der Waals surface area contributed by atoms with Gasteiger partial charge in [0.25, 0.3) is 0 Å². The second kappa shape index (κ2) is 6.36. The maximum absolute atomic E-state index is 11.8. The molecule has 0 aliphatic carbocycles. The monoisotopic (exact) mass is 319 g/mol. The first-order valence-corrected chi connectivity index (χ1v) is 8.02. The molecule has 0 heterocycles. The second-order valence-corrected chi connectivity index (χ2v) is 6.58. The van der Waals surface area contributed by atoms with Crippen LogP contribution in [0.3, 0.4) is 0 Å². The highest BCUT2D eigenvalue weighted by Crippen LogP contribution is 2.37. The molecule has 3 aromatic carbocycles. The number of benzene rings is 3. The molecule has 0 saturated heterocycles. The topological polar surface area (TPSA) is 49.3 Å². The van der Waals surface area contributed by atoms with Crippen LogP contribution >= 0.6 is 0 Å². The lowest BCUT2D eigenvalue weighted by molar-refractivity contribution is -0.147. The lowest BCUT2D eigenvalue weighted by Gasteiger charge is -2.32. The van der Waals surface area contributed by atoms with Crippen molar-refractivity contribution < 1.29 is 9.90 Å². The van der Waals surface area contributed by atoms with E-state index in [1.807, 2.05) is 54.6 Å². The van der Waals surface area contributed by atoms with Crippen molar-refractivity contribution in [1.82, 2.24) is 0 Å². The molecule has 3 aromatic rings. The summed E-state index contributed by atoms with van der Waals surface area (Å²) in [6.07, 6.45) is 0. The van der Waals surface area contributed by atoms with Crippen molar-refractivity contribution in [2.45, 2.75) is 19.9 Å². The molecular formula is C21H21NO2. The third-order valence-corrected chi connectivity index (χ3v) is 4.47. The first-order valence-electron chi connectivity index (χ1n) is 8.02. The van der Waals surface area contributed by atoms with Gasteiger partial charge in [-0.05, 0) is 42.3 Å². The van der Waals surface area contributed by atoms with Crippen LogP contribution in [0.1, 0.15) is 25.5 Å². The Bertz CT molecular complexity index is 856. The van der Waals surface area contributed by atoms with E-state index in [1.165, 1.54) is 0 Å². The molecule has 1 atom stereocenters. The van der Waals surface area contributed by atoms with Crippen molar-refractivity contribution in [3.63, 3.8) is 0 Å². The van der Waals surface area contributed by atoms with Crippen LogP contribution in [0.15, 0.2) is 72.8 Å². The van der Waals surface area contributed by atoms with Gasteiger partial charge < -0.3 is 10.4 Å². The van der Waals surface area contributed by atoms with Crippen LogP contribution in [0.25, 0.3) is 10.8 Å². The van der Waals surface area contributed by atoms with Gasteiger partial charge in [0.2, 0.25) is 0 Å². The summed E-state index contributed by atoms with van der Waals surface area (Å²) < 4.78 is 0. The van der Waals surface area contributed by atoms with Crippen molar-refractivity contribution in [2.75, 3.05) is 5.32 Å². The fourth-order valence-corrected chi connectivity index (χ4v) is 2.90. The van der Waals surface area contributed by atoms with Crippen LogP contribution < -0.4 is 5.32 Å². The molecule has 0 amide bonds. The fraction of sp³-hybridized carbons (Fsp3) is 0.190. The van der Waals surface area contributed by atoms with E-state index in [4.69, 9.17) is 0 Å². The third kappa shape index (κ3) is 3.11. The number of carboxylic acids is 1. The number of fused-ring (bicyclic) bond motifs is 1. The molecule has 2 N–H and O–H groups in total. The van der Waals surface area contributed by atoms with Crippen LogP contribution in [-0.4, -0.2) is 11.1 Å². The van der Waals surface area contributed by atoms with Gasteiger partial charge in [-0.25, -0.2) is 0 Å². The second-order valence-electron chi connectivity index (χ2n) is 6.58. The quantitative estimate of drug-likeness (QED) is 0.687. The van der Waals surface area contributed by atoms with Gasteiger partial charge in [0.15, 0.2) is 0 Å². The molecule has 3 nitrogen and oxygen atoms in total. The standard InChI is InChI=1S/C21H21NO2/c1-21(2,20(23)24)19(16-9-4-3-5-10-16)22-18-13-12-15-8-6-7-11-17(15)14-18/h3-14,19,22H,1-2H3,(H,23,24). The molecule has 3 rings (SSSR count). The predicted octanol–water partition coefficient (Wildman–Crippen LogP) is 5.10. The van der Waals surface area contributed by atoms with Crippen molar-refractivity contribution in [3.8, 4) is 0 Å². The van der Waals surface area contributed by atoms with E-state index < -0.39 is 11.4 Å². The molecular weight excluding hydrogens is 298 g/mol. The highest BCUT2D eigenvalue weighted by Gasteiger charge is 2.38. The number of nitrogens with one attached hydrogen (secondary N) is 1. The number of anilines is 1. The van der Waals surface area contributed by atoms with Gasteiger partial charge in [-0.2, -0.15) is 0 Å². The molecule has 0 radical (unpaired) electrons. The largest absolute Gasteiger partial charge is 0.481 e. The molecule has 24 heavy (non-hydrogen) atoms. The summed E-state index contributed by atoms with van der Waals surface area (Å²) in [4.78, 5) is 11.8. The minimum atomic E-state index is -0.951. The van der Waals surface area contributed by atoms with Gasteiger partial charge in [-0.15, -0.1) is 0 Å². The van der Waals surface area contributed by atoms with E-state index in [2.05, 4.69) is 23.5 Å². The Balaban J connectivity index is 2.00. The van der Waals surface area contributed by atoms with E-state index in [0.29, 0.717) is 0 Å². The lowest BCUT2D eigenvalue weighted by Crippen LogP contribution is -2.35. The number of rotatable bonds is 5. The first-order chi connectivity index (χ1) is 11.5. The predicted molar refractivity (Wildman–Crippen MR) is 98.2 cm³/mol. The highest BCUT2D eigenvalue weighted by molar-refractivity contribution is 5.86. The van der Waals surface area contributed by atoms with Crippen LogP contribution in [-0.2, 0) is 4.79 Å². The zero-order valence-corrected chi connectivity index (χ0v) is 13.9. The Hall–Kier alpha value is -2.81. The van der Waals surface area contributed by atoms with Gasteiger partial charge in [-0.1, -0.05) is 60.7 Å². The van der Waals surface area contributed by atoms with Gasteiger partial charge in [0.1, 0.15) is 0 Å². The molecule has 0 aromatic heterocycles. The number of hydrogen-bond donors (Lipinski definition) is 2. The number of aliphatic carboxylic acids is 1. The summed E-state index contributed by atoms with van der Waals surface area (Å²) in [7, 11) is 0.